The molecule has 0 bridgehead atoms. The highest BCUT2D eigenvalue weighted by molar-refractivity contribution is 5.54. The Kier molecular flexibility index (Phi) is 4.51. The molecule has 0 saturated heterocycles. The number of methoxy groups -OCH3 is 1. The van der Waals surface area contributed by atoms with Crippen molar-refractivity contribution in [3.05, 3.63) is 59.4 Å². The number of ether oxygens (including phenoxy) is 1. The van der Waals surface area contributed by atoms with E-state index in [2.05, 4.69) is 32.2 Å². The molecule has 0 saturated carbocycles. The van der Waals surface area contributed by atoms with Crippen molar-refractivity contribution in [2.24, 2.45) is 0 Å². The molecule has 3 heteroatoms. The summed E-state index contributed by atoms with van der Waals surface area (Å²) in [6.45, 7) is 6.93. The Morgan fingerprint density at radius 1 is 1.05 bits per heavy atom. The minimum Gasteiger partial charge on any atom is -0.494 e. The number of anilines is 1. The average molecular weight is 287 g/mol. The second-order valence-corrected chi connectivity index (χ2v) is 6.08. The van der Waals surface area contributed by atoms with E-state index in [9.17, 15) is 4.39 Å². The van der Waals surface area contributed by atoms with E-state index in [1.165, 1.54) is 12.7 Å². The Morgan fingerprint density at radius 2 is 1.76 bits per heavy atom. The van der Waals surface area contributed by atoms with Gasteiger partial charge in [0.25, 0.3) is 0 Å². The van der Waals surface area contributed by atoms with Gasteiger partial charge < -0.3 is 10.1 Å². The third kappa shape index (κ3) is 3.54. The molecule has 0 spiro atoms. The van der Waals surface area contributed by atoms with Gasteiger partial charge in [-0.2, -0.15) is 0 Å². The molecule has 112 valence electrons. The van der Waals surface area contributed by atoms with Gasteiger partial charge in [0.05, 0.1) is 7.11 Å². The summed E-state index contributed by atoms with van der Waals surface area (Å²) in [7, 11) is 1.48. The molecule has 0 aliphatic carbocycles. The molecule has 0 fully saturated rings. The first kappa shape index (κ1) is 15.4. The highest BCUT2D eigenvalue weighted by Gasteiger charge is 2.17. The molecule has 2 nitrogen and oxygen atoms in total. The summed E-state index contributed by atoms with van der Waals surface area (Å²) in [5.41, 5.74) is 2.88. The fourth-order valence-electron chi connectivity index (χ4n) is 2.33. The van der Waals surface area contributed by atoms with Crippen LogP contribution < -0.4 is 10.1 Å². The number of hydrogen-bond acceptors (Lipinski definition) is 2. The van der Waals surface area contributed by atoms with Gasteiger partial charge >= 0.3 is 0 Å². The topological polar surface area (TPSA) is 21.3 Å². The first-order valence-corrected chi connectivity index (χ1v) is 7.08. The summed E-state index contributed by atoms with van der Waals surface area (Å²) in [6.07, 6.45) is 0. The molecule has 0 aliphatic rings. The van der Waals surface area contributed by atoms with Crippen molar-refractivity contribution in [1.82, 2.24) is 0 Å². The SMILES string of the molecule is COc1cccc(CNc2ccccc2C(C)(C)C)c1F. The molecule has 0 atom stereocenters. The Labute approximate surface area is 126 Å². The molecule has 0 unspecified atom stereocenters. The minimum atomic E-state index is -0.305. The molecular weight excluding hydrogens is 265 g/mol. The quantitative estimate of drug-likeness (QED) is 0.876. The monoisotopic (exact) mass is 287 g/mol. The molecule has 2 rings (SSSR count). The van der Waals surface area contributed by atoms with Gasteiger partial charge in [0.2, 0.25) is 0 Å². The van der Waals surface area contributed by atoms with Crippen LogP contribution in [-0.4, -0.2) is 7.11 Å². The maximum absolute atomic E-state index is 14.1. The molecule has 0 heterocycles. The standard InChI is InChI=1S/C18H22FNO/c1-18(2,3)14-9-5-6-10-15(14)20-12-13-8-7-11-16(21-4)17(13)19/h5-11,20H,12H2,1-4H3. The van der Waals surface area contributed by atoms with Gasteiger partial charge in [-0.3, -0.25) is 0 Å². The van der Waals surface area contributed by atoms with Gasteiger partial charge in [-0.25, -0.2) is 4.39 Å². The maximum Gasteiger partial charge on any atom is 0.170 e. The van der Waals surface area contributed by atoms with Crippen LogP contribution in [0.4, 0.5) is 10.1 Å². The molecule has 2 aromatic carbocycles. The lowest BCUT2D eigenvalue weighted by Gasteiger charge is -2.23. The molecule has 0 amide bonds. The van der Waals surface area contributed by atoms with Crippen molar-refractivity contribution in [2.75, 3.05) is 12.4 Å². The number of rotatable bonds is 4. The predicted octanol–water partition coefficient (Wildman–Crippen LogP) is 4.74. The van der Waals surface area contributed by atoms with Crippen LogP contribution in [-0.2, 0) is 12.0 Å². The van der Waals surface area contributed by atoms with Crippen molar-refractivity contribution in [1.29, 1.82) is 0 Å². The first-order chi connectivity index (χ1) is 9.93. The fraction of sp³-hybridized carbons (Fsp3) is 0.333. The van der Waals surface area contributed by atoms with Gasteiger partial charge in [-0.15, -0.1) is 0 Å². The smallest absolute Gasteiger partial charge is 0.170 e. The predicted molar refractivity (Wildman–Crippen MR) is 85.4 cm³/mol. The van der Waals surface area contributed by atoms with Crippen molar-refractivity contribution in [3.63, 3.8) is 0 Å². The van der Waals surface area contributed by atoms with Crippen LogP contribution in [0.1, 0.15) is 31.9 Å². The van der Waals surface area contributed by atoms with Crippen molar-refractivity contribution in [2.45, 2.75) is 32.7 Å². The van der Waals surface area contributed by atoms with Gasteiger partial charge in [0.15, 0.2) is 11.6 Å². The van der Waals surface area contributed by atoms with E-state index in [0.717, 1.165) is 5.69 Å². The zero-order valence-electron chi connectivity index (χ0n) is 13.0. The van der Waals surface area contributed by atoms with Crippen LogP contribution >= 0.6 is 0 Å². The summed E-state index contributed by atoms with van der Waals surface area (Å²) in [5, 5.41) is 3.33. The third-order valence-corrected chi connectivity index (χ3v) is 3.47. The van der Waals surface area contributed by atoms with Gasteiger partial charge in [-0.05, 0) is 23.1 Å². The highest BCUT2D eigenvalue weighted by Crippen LogP contribution is 2.30. The average Bonchev–Trinajstić information content (AvgIpc) is 2.45. The van der Waals surface area contributed by atoms with E-state index in [1.54, 1.807) is 18.2 Å². The number of nitrogens with one attached hydrogen (secondary N) is 1. The zero-order valence-corrected chi connectivity index (χ0v) is 13.0. The second kappa shape index (κ2) is 6.17. The summed E-state index contributed by atoms with van der Waals surface area (Å²) in [5.74, 6) is -0.0286. The van der Waals surface area contributed by atoms with Crippen LogP contribution in [0.5, 0.6) is 5.75 Å². The number of benzene rings is 2. The van der Waals surface area contributed by atoms with Gasteiger partial charge in [0, 0.05) is 17.8 Å². The summed E-state index contributed by atoms with van der Waals surface area (Å²) in [6, 6.07) is 13.3. The number of para-hydroxylation sites is 1. The first-order valence-electron chi connectivity index (χ1n) is 7.08. The lowest BCUT2D eigenvalue weighted by atomic mass is 9.86. The Hall–Kier alpha value is -2.03. The summed E-state index contributed by atoms with van der Waals surface area (Å²) >= 11 is 0. The summed E-state index contributed by atoms with van der Waals surface area (Å²) < 4.78 is 19.2. The van der Waals surface area contributed by atoms with Gasteiger partial charge in [-0.1, -0.05) is 51.1 Å². The van der Waals surface area contributed by atoms with Crippen LogP contribution in [0.2, 0.25) is 0 Å². The van der Waals surface area contributed by atoms with Crippen LogP contribution in [0.25, 0.3) is 0 Å². The fourth-order valence-corrected chi connectivity index (χ4v) is 2.33. The van der Waals surface area contributed by atoms with E-state index in [4.69, 9.17) is 4.74 Å². The van der Waals surface area contributed by atoms with Crippen LogP contribution in [0, 0.1) is 5.82 Å². The Morgan fingerprint density at radius 3 is 2.43 bits per heavy atom. The minimum absolute atomic E-state index is 0.0382. The third-order valence-electron chi connectivity index (χ3n) is 3.47. The molecular formula is C18H22FNO. The zero-order chi connectivity index (χ0) is 15.5. The van der Waals surface area contributed by atoms with E-state index >= 15 is 0 Å². The summed E-state index contributed by atoms with van der Waals surface area (Å²) in [4.78, 5) is 0. The highest BCUT2D eigenvalue weighted by atomic mass is 19.1. The largest absolute Gasteiger partial charge is 0.494 e. The molecule has 2 aromatic rings. The molecule has 0 aliphatic heterocycles. The molecule has 0 radical (unpaired) electrons. The van der Waals surface area contributed by atoms with Crippen LogP contribution in [0.3, 0.4) is 0 Å². The Balaban J connectivity index is 2.22. The van der Waals surface area contributed by atoms with E-state index < -0.39 is 0 Å². The van der Waals surface area contributed by atoms with Crippen molar-refractivity contribution in [3.8, 4) is 5.75 Å². The normalized spacial score (nSPS) is 11.3. The lowest BCUT2D eigenvalue weighted by molar-refractivity contribution is 0.384. The Bertz CT molecular complexity index is 617. The van der Waals surface area contributed by atoms with Crippen molar-refractivity contribution < 1.29 is 9.13 Å². The second-order valence-electron chi connectivity index (χ2n) is 6.08. The van der Waals surface area contributed by atoms with E-state index in [-0.39, 0.29) is 17.0 Å². The number of hydrogen-bond donors (Lipinski definition) is 1. The van der Waals surface area contributed by atoms with Crippen LogP contribution in [0.15, 0.2) is 42.5 Å². The van der Waals surface area contributed by atoms with Crippen molar-refractivity contribution >= 4 is 5.69 Å². The van der Waals surface area contributed by atoms with E-state index in [0.29, 0.717) is 12.1 Å². The lowest BCUT2D eigenvalue weighted by Crippen LogP contribution is -2.15. The molecule has 21 heavy (non-hydrogen) atoms. The van der Waals surface area contributed by atoms with E-state index in [1.807, 2.05) is 18.2 Å². The maximum atomic E-state index is 14.1. The number of halogens is 1. The molecule has 1 N–H and O–H groups in total. The van der Waals surface area contributed by atoms with Gasteiger partial charge in [0.1, 0.15) is 0 Å². The molecule has 0 aromatic heterocycles.